The second-order valence-corrected chi connectivity index (χ2v) is 5.19. The normalized spacial score (nSPS) is 27.5. The summed E-state index contributed by atoms with van der Waals surface area (Å²) < 4.78 is 5.05. The number of nitrogens with one attached hydrogen (secondary N) is 1. The van der Waals surface area contributed by atoms with Crippen molar-refractivity contribution in [3.8, 4) is 0 Å². The standard InChI is InChI=1S/C13H17N3O3/c1-2-10-12(17)15-11(8-3-4-8)13(18)16(10)7-9-5-6-14-19-9/h5-6,8,10-11H,2-4,7H2,1H3,(H,15,17). The molecule has 1 aromatic rings. The van der Waals surface area contributed by atoms with Crippen LogP contribution in [0.3, 0.4) is 0 Å². The molecule has 1 saturated carbocycles. The number of rotatable bonds is 4. The molecule has 2 aliphatic rings. The fourth-order valence-corrected chi connectivity index (χ4v) is 2.62. The van der Waals surface area contributed by atoms with Crippen molar-refractivity contribution < 1.29 is 14.1 Å². The first kappa shape index (κ1) is 12.2. The smallest absolute Gasteiger partial charge is 0.246 e. The van der Waals surface area contributed by atoms with E-state index in [1.165, 1.54) is 0 Å². The van der Waals surface area contributed by atoms with Gasteiger partial charge in [-0.2, -0.15) is 0 Å². The minimum atomic E-state index is -0.410. The van der Waals surface area contributed by atoms with Crippen LogP contribution in [0.2, 0.25) is 0 Å². The summed E-state index contributed by atoms with van der Waals surface area (Å²) in [5.74, 6) is 0.867. The van der Waals surface area contributed by atoms with E-state index in [0.29, 0.717) is 24.6 Å². The molecular formula is C13H17N3O3. The van der Waals surface area contributed by atoms with Gasteiger partial charge in [0, 0.05) is 6.07 Å². The molecule has 1 aliphatic heterocycles. The number of carbonyl (C=O) groups is 2. The van der Waals surface area contributed by atoms with Crippen molar-refractivity contribution in [3.05, 3.63) is 18.0 Å². The van der Waals surface area contributed by atoms with Gasteiger partial charge in [-0.25, -0.2) is 0 Å². The predicted molar refractivity (Wildman–Crippen MR) is 65.8 cm³/mol. The summed E-state index contributed by atoms with van der Waals surface area (Å²) in [7, 11) is 0. The molecular weight excluding hydrogens is 246 g/mol. The lowest BCUT2D eigenvalue weighted by molar-refractivity contribution is -0.151. The molecule has 0 spiro atoms. The van der Waals surface area contributed by atoms with Crippen LogP contribution in [0.1, 0.15) is 31.9 Å². The van der Waals surface area contributed by atoms with E-state index in [4.69, 9.17) is 4.52 Å². The van der Waals surface area contributed by atoms with Gasteiger partial charge >= 0.3 is 0 Å². The van der Waals surface area contributed by atoms with Gasteiger partial charge in [-0.05, 0) is 25.2 Å². The molecule has 0 radical (unpaired) electrons. The van der Waals surface area contributed by atoms with E-state index < -0.39 is 6.04 Å². The van der Waals surface area contributed by atoms with Crippen LogP contribution in [0.5, 0.6) is 0 Å². The minimum absolute atomic E-state index is 0.00495. The second kappa shape index (κ2) is 4.68. The van der Waals surface area contributed by atoms with Crippen LogP contribution in [-0.4, -0.2) is 34.0 Å². The number of hydrogen-bond acceptors (Lipinski definition) is 4. The lowest BCUT2D eigenvalue weighted by Crippen LogP contribution is -2.63. The van der Waals surface area contributed by atoms with Gasteiger partial charge in [-0.15, -0.1) is 0 Å². The van der Waals surface area contributed by atoms with Crippen LogP contribution < -0.4 is 5.32 Å². The Morgan fingerprint density at radius 3 is 2.84 bits per heavy atom. The minimum Gasteiger partial charge on any atom is -0.360 e. The zero-order valence-electron chi connectivity index (χ0n) is 10.8. The zero-order valence-corrected chi connectivity index (χ0v) is 10.8. The van der Waals surface area contributed by atoms with Crippen molar-refractivity contribution in [2.45, 2.75) is 44.8 Å². The van der Waals surface area contributed by atoms with Crippen LogP contribution in [0.15, 0.2) is 16.8 Å². The molecule has 1 saturated heterocycles. The Kier molecular flexibility index (Phi) is 3.00. The fourth-order valence-electron chi connectivity index (χ4n) is 2.62. The highest BCUT2D eigenvalue weighted by Crippen LogP contribution is 2.35. The van der Waals surface area contributed by atoms with Crippen LogP contribution >= 0.6 is 0 Å². The van der Waals surface area contributed by atoms with E-state index in [2.05, 4.69) is 10.5 Å². The van der Waals surface area contributed by atoms with E-state index in [0.717, 1.165) is 12.8 Å². The Balaban J connectivity index is 1.82. The Hall–Kier alpha value is -1.85. The molecule has 6 nitrogen and oxygen atoms in total. The summed E-state index contributed by atoms with van der Waals surface area (Å²) in [6.45, 7) is 2.22. The third kappa shape index (κ3) is 2.22. The molecule has 2 amide bonds. The molecule has 1 N–H and O–H groups in total. The van der Waals surface area contributed by atoms with Gasteiger partial charge in [-0.3, -0.25) is 9.59 Å². The van der Waals surface area contributed by atoms with Crippen molar-refractivity contribution in [2.75, 3.05) is 0 Å². The maximum absolute atomic E-state index is 12.5. The first-order valence-electron chi connectivity index (χ1n) is 6.71. The molecule has 2 atom stereocenters. The maximum Gasteiger partial charge on any atom is 0.246 e. The summed E-state index contributed by atoms with van der Waals surface area (Å²) in [6.07, 6.45) is 4.18. The van der Waals surface area contributed by atoms with Gasteiger partial charge in [-0.1, -0.05) is 12.1 Å². The number of piperazine rings is 1. The molecule has 1 aliphatic carbocycles. The average Bonchev–Trinajstić information content (AvgIpc) is 3.11. The van der Waals surface area contributed by atoms with Crippen LogP contribution in [0.25, 0.3) is 0 Å². The van der Waals surface area contributed by atoms with Crippen molar-refractivity contribution in [1.29, 1.82) is 0 Å². The first-order valence-corrected chi connectivity index (χ1v) is 6.71. The summed E-state index contributed by atoms with van der Waals surface area (Å²) in [5.41, 5.74) is 0. The maximum atomic E-state index is 12.5. The topological polar surface area (TPSA) is 75.4 Å². The highest BCUT2D eigenvalue weighted by molar-refractivity contribution is 5.97. The summed E-state index contributed by atoms with van der Waals surface area (Å²) in [6, 6.07) is 0.962. The predicted octanol–water partition coefficient (Wildman–Crippen LogP) is 0.690. The molecule has 6 heteroatoms. The Morgan fingerprint density at radius 2 is 2.26 bits per heavy atom. The monoisotopic (exact) mass is 263 g/mol. The van der Waals surface area contributed by atoms with E-state index in [1.807, 2.05) is 6.92 Å². The summed E-state index contributed by atoms with van der Waals surface area (Å²) in [5, 5.41) is 6.50. The average molecular weight is 263 g/mol. The summed E-state index contributed by atoms with van der Waals surface area (Å²) >= 11 is 0. The molecule has 102 valence electrons. The lowest BCUT2D eigenvalue weighted by Gasteiger charge is -2.38. The molecule has 3 rings (SSSR count). The highest BCUT2D eigenvalue weighted by Gasteiger charge is 2.46. The number of aromatic nitrogens is 1. The van der Waals surface area contributed by atoms with Gasteiger partial charge in [0.25, 0.3) is 0 Å². The lowest BCUT2D eigenvalue weighted by atomic mass is 10.0. The van der Waals surface area contributed by atoms with Gasteiger partial charge in [0.1, 0.15) is 12.1 Å². The molecule has 19 heavy (non-hydrogen) atoms. The fraction of sp³-hybridized carbons (Fsp3) is 0.615. The third-order valence-corrected chi connectivity index (χ3v) is 3.82. The first-order chi connectivity index (χ1) is 9.20. The van der Waals surface area contributed by atoms with Crippen LogP contribution in [0, 0.1) is 5.92 Å². The Morgan fingerprint density at radius 1 is 1.47 bits per heavy atom. The van der Waals surface area contributed by atoms with E-state index >= 15 is 0 Å². The van der Waals surface area contributed by atoms with Crippen molar-refractivity contribution in [3.63, 3.8) is 0 Å². The van der Waals surface area contributed by atoms with Crippen molar-refractivity contribution in [2.24, 2.45) is 5.92 Å². The zero-order chi connectivity index (χ0) is 13.4. The molecule has 2 unspecified atom stereocenters. The molecule has 0 bridgehead atoms. The Labute approximate surface area is 111 Å². The third-order valence-electron chi connectivity index (χ3n) is 3.82. The van der Waals surface area contributed by atoms with E-state index in [1.54, 1.807) is 17.2 Å². The van der Waals surface area contributed by atoms with Crippen molar-refractivity contribution >= 4 is 11.8 Å². The van der Waals surface area contributed by atoms with Gasteiger partial charge in [0.05, 0.1) is 12.7 Å². The number of amides is 2. The van der Waals surface area contributed by atoms with Crippen LogP contribution in [-0.2, 0) is 16.1 Å². The molecule has 0 aromatic carbocycles. The molecule has 2 fully saturated rings. The van der Waals surface area contributed by atoms with Gasteiger partial charge < -0.3 is 14.7 Å². The molecule has 1 aromatic heterocycles. The van der Waals surface area contributed by atoms with Gasteiger partial charge in [0.15, 0.2) is 5.76 Å². The molecule has 2 heterocycles. The van der Waals surface area contributed by atoms with E-state index in [-0.39, 0.29) is 17.9 Å². The van der Waals surface area contributed by atoms with Crippen LogP contribution in [0.4, 0.5) is 0 Å². The second-order valence-electron chi connectivity index (χ2n) is 5.19. The quantitative estimate of drug-likeness (QED) is 0.867. The number of nitrogens with zero attached hydrogens (tertiary/aromatic N) is 2. The van der Waals surface area contributed by atoms with Crippen molar-refractivity contribution in [1.82, 2.24) is 15.4 Å². The Bertz CT molecular complexity index is 481. The summed E-state index contributed by atoms with van der Waals surface area (Å²) in [4.78, 5) is 26.2. The largest absolute Gasteiger partial charge is 0.360 e. The number of hydrogen-bond donors (Lipinski definition) is 1. The van der Waals surface area contributed by atoms with Gasteiger partial charge in [0.2, 0.25) is 11.8 Å². The highest BCUT2D eigenvalue weighted by atomic mass is 16.5. The SMILES string of the molecule is CCC1C(=O)NC(C2CC2)C(=O)N1Cc1ccno1. The van der Waals surface area contributed by atoms with E-state index in [9.17, 15) is 9.59 Å². The number of carbonyl (C=O) groups excluding carboxylic acids is 2.